The number of anilines is 1. The van der Waals surface area contributed by atoms with Crippen LogP contribution in [0.5, 0.6) is 11.6 Å². The molecule has 0 amide bonds. The van der Waals surface area contributed by atoms with Gasteiger partial charge in [-0.15, -0.1) is 0 Å². The van der Waals surface area contributed by atoms with Crippen molar-refractivity contribution in [3.05, 3.63) is 35.0 Å². The molecule has 4 nitrogen and oxygen atoms in total. The van der Waals surface area contributed by atoms with E-state index in [4.69, 9.17) is 22.1 Å². The Labute approximate surface area is 111 Å². The molecular weight excluding hydrogens is 250 g/mol. The second-order valence-corrected chi connectivity index (χ2v) is 4.48. The highest BCUT2D eigenvalue weighted by atomic mass is 35.5. The van der Waals surface area contributed by atoms with Gasteiger partial charge in [0.25, 0.3) is 0 Å². The van der Waals surface area contributed by atoms with Crippen molar-refractivity contribution in [1.29, 1.82) is 0 Å². The Morgan fingerprint density at radius 2 is 2.11 bits per heavy atom. The van der Waals surface area contributed by atoms with Gasteiger partial charge in [-0.2, -0.15) is 5.10 Å². The molecule has 0 saturated carbocycles. The summed E-state index contributed by atoms with van der Waals surface area (Å²) in [5.41, 5.74) is 7.48. The number of benzene rings is 1. The first-order valence-electron chi connectivity index (χ1n) is 5.87. The van der Waals surface area contributed by atoms with Crippen molar-refractivity contribution >= 4 is 17.3 Å². The largest absolute Gasteiger partial charge is 0.436 e. The van der Waals surface area contributed by atoms with Gasteiger partial charge in [-0.25, -0.2) is 4.68 Å². The molecule has 18 heavy (non-hydrogen) atoms. The topological polar surface area (TPSA) is 53.1 Å². The summed E-state index contributed by atoms with van der Waals surface area (Å²) in [7, 11) is 1.81. The van der Waals surface area contributed by atoms with Crippen LogP contribution >= 0.6 is 11.6 Å². The number of ether oxygens (including phenoxy) is 1. The summed E-state index contributed by atoms with van der Waals surface area (Å²) in [5, 5.41) is 4.90. The Balaban J connectivity index is 2.32. The summed E-state index contributed by atoms with van der Waals surface area (Å²) in [6, 6.07) is 7.29. The first-order chi connectivity index (χ1) is 8.63. The summed E-state index contributed by atoms with van der Waals surface area (Å²) >= 11 is 6.05. The van der Waals surface area contributed by atoms with Gasteiger partial charge in [-0.05, 0) is 18.6 Å². The molecule has 1 aromatic heterocycles. The van der Waals surface area contributed by atoms with E-state index in [-0.39, 0.29) is 0 Å². The van der Waals surface area contributed by atoms with E-state index >= 15 is 0 Å². The van der Waals surface area contributed by atoms with Gasteiger partial charge in [0.2, 0.25) is 5.88 Å². The summed E-state index contributed by atoms with van der Waals surface area (Å²) in [6.45, 7) is 2.09. The number of halogens is 1. The van der Waals surface area contributed by atoms with E-state index in [1.807, 2.05) is 19.2 Å². The van der Waals surface area contributed by atoms with Gasteiger partial charge in [0.05, 0.1) is 10.7 Å². The van der Waals surface area contributed by atoms with Crippen LogP contribution in [0.25, 0.3) is 0 Å². The molecule has 0 atom stereocenters. The third-order valence-corrected chi connectivity index (χ3v) is 2.95. The molecule has 1 heterocycles. The van der Waals surface area contributed by atoms with Crippen LogP contribution in [0.2, 0.25) is 5.02 Å². The lowest BCUT2D eigenvalue weighted by Crippen LogP contribution is -1.97. The Morgan fingerprint density at radius 1 is 1.39 bits per heavy atom. The highest BCUT2D eigenvalue weighted by molar-refractivity contribution is 6.32. The van der Waals surface area contributed by atoms with Crippen molar-refractivity contribution in [1.82, 2.24) is 9.78 Å². The van der Waals surface area contributed by atoms with Gasteiger partial charge in [-0.1, -0.05) is 37.1 Å². The summed E-state index contributed by atoms with van der Waals surface area (Å²) in [5.74, 6) is 1.11. The Kier molecular flexibility index (Phi) is 3.77. The molecule has 0 aliphatic heterocycles. The molecule has 0 bridgehead atoms. The van der Waals surface area contributed by atoms with Crippen LogP contribution in [0.3, 0.4) is 0 Å². The van der Waals surface area contributed by atoms with Gasteiger partial charge < -0.3 is 10.5 Å². The Morgan fingerprint density at radius 3 is 2.78 bits per heavy atom. The fourth-order valence-electron chi connectivity index (χ4n) is 1.75. The predicted octanol–water partition coefficient (Wildman–Crippen LogP) is 3.40. The van der Waals surface area contributed by atoms with Gasteiger partial charge in [0, 0.05) is 7.05 Å². The van der Waals surface area contributed by atoms with E-state index in [2.05, 4.69) is 12.0 Å². The van der Waals surface area contributed by atoms with Gasteiger partial charge >= 0.3 is 0 Å². The molecule has 2 N–H and O–H groups in total. The molecular formula is C13H16ClN3O. The van der Waals surface area contributed by atoms with Crippen LogP contribution in [0.4, 0.5) is 5.69 Å². The molecule has 96 valence electrons. The maximum Gasteiger partial charge on any atom is 0.241 e. The third-order valence-electron chi connectivity index (χ3n) is 2.64. The van der Waals surface area contributed by atoms with Crippen LogP contribution in [-0.4, -0.2) is 9.78 Å². The minimum absolute atomic E-state index is 0.534. The molecule has 1 aromatic carbocycles. The zero-order valence-corrected chi connectivity index (χ0v) is 11.2. The van der Waals surface area contributed by atoms with Crippen LogP contribution < -0.4 is 10.5 Å². The number of hydrogen-bond donors (Lipinski definition) is 1. The first kappa shape index (κ1) is 12.8. The maximum atomic E-state index is 6.05. The molecule has 2 aromatic rings. The van der Waals surface area contributed by atoms with Crippen molar-refractivity contribution in [3.63, 3.8) is 0 Å². The molecule has 5 heteroatoms. The minimum atomic E-state index is 0.534. The van der Waals surface area contributed by atoms with E-state index in [0.29, 0.717) is 22.3 Å². The SMILES string of the molecule is CCCc1nn(C)c(Oc2ccccc2Cl)c1N. The van der Waals surface area contributed by atoms with E-state index in [1.165, 1.54) is 0 Å². The van der Waals surface area contributed by atoms with Crippen LogP contribution in [0.15, 0.2) is 24.3 Å². The van der Waals surface area contributed by atoms with Gasteiger partial charge in [0.15, 0.2) is 0 Å². The Hall–Kier alpha value is -1.68. The van der Waals surface area contributed by atoms with E-state index in [0.717, 1.165) is 18.5 Å². The second-order valence-electron chi connectivity index (χ2n) is 4.07. The fraction of sp³-hybridized carbons (Fsp3) is 0.308. The maximum absolute atomic E-state index is 6.05. The van der Waals surface area contributed by atoms with Crippen molar-refractivity contribution in [2.45, 2.75) is 19.8 Å². The summed E-state index contributed by atoms with van der Waals surface area (Å²) in [4.78, 5) is 0. The number of hydrogen-bond acceptors (Lipinski definition) is 3. The fourth-order valence-corrected chi connectivity index (χ4v) is 1.93. The smallest absolute Gasteiger partial charge is 0.241 e. The quantitative estimate of drug-likeness (QED) is 0.922. The Bertz CT molecular complexity index is 551. The average molecular weight is 266 g/mol. The standard InChI is InChI=1S/C13H16ClN3O/c1-3-6-10-12(15)13(17(2)16-10)18-11-8-5-4-7-9(11)14/h4-5,7-8H,3,6,15H2,1-2H3. The van der Waals surface area contributed by atoms with Crippen molar-refractivity contribution in [3.8, 4) is 11.6 Å². The highest BCUT2D eigenvalue weighted by Gasteiger charge is 2.15. The van der Waals surface area contributed by atoms with Crippen molar-refractivity contribution in [2.75, 3.05) is 5.73 Å². The predicted molar refractivity (Wildman–Crippen MR) is 73.1 cm³/mol. The van der Waals surface area contributed by atoms with Crippen LogP contribution in [0.1, 0.15) is 19.0 Å². The van der Waals surface area contributed by atoms with E-state index in [9.17, 15) is 0 Å². The normalized spacial score (nSPS) is 10.6. The molecule has 0 fully saturated rings. The number of nitrogen functional groups attached to an aromatic ring is 1. The number of aromatic nitrogens is 2. The first-order valence-corrected chi connectivity index (χ1v) is 6.25. The number of rotatable bonds is 4. The summed E-state index contributed by atoms with van der Waals surface area (Å²) in [6.07, 6.45) is 1.83. The number of aryl methyl sites for hydroxylation is 2. The van der Waals surface area contributed by atoms with Crippen LogP contribution in [-0.2, 0) is 13.5 Å². The third kappa shape index (κ3) is 2.43. The zero-order valence-electron chi connectivity index (χ0n) is 10.5. The lowest BCUT2D eigenvalue weighted by molar-refractivity contribution is 0.432. The van der Waals surface area contributed by atoms with Crippen LogP contribution in [0, 0.1) is 0 Å². The molecule has 2 rings (SSSR count). The van der Waals surface area contributed by atoms with Crippen molar-refractivity contribution in [2.24, 2.45) is 7.05 Å². The lowest BCUT2D eigenvalue weighted by Gasteiger charge is -2.07. The average Bonchev–Trinajstić information content (AvgIpc) is 2.60. The van der Waals surface area contributed by atoms with Crippen molar-refractivity contribution < 1.29 is 4.74 Å². The second kappa shape index (κ2) is 5.31. The van der Waals surface area contributed by atoms with Gasteiger partial charge in [-0.3, -0.25) is 0 Å². The van der Waals surface area contributed by atoms with E-state index in [1.54, 1.807) is 16.8 Å². The molecule has 0 aliphatic carbocycles. The highest BCUT2D eigenvalue weighted by Crippen LogP contribution is 2.33. The number of para-hydroxylation sites is 1. The number of nitrogens with two attached hydrogens (primary N) is 1. The molecule has 0 spiro atoms. The number of nitrogens with zero attached hydrogens (tertiary/aromatic N) is 2. The molecule has 0 unspecified atom stereocenters. The minimum Gasteiger partial charge on any atom is -0.436 e. The monoisotopic (exact) mass is 265 g/mol. The molecule has 0 saturated heterocycles. The molecule has 0 aliphatic rings. The molecule has 0 radical (unpaired) electrons. The van der Waals surface area contributed by atoms with E-state index < -0.39 is 0 Å². The summed E-state index contributed by atoms with van der Waals surface area (Å²) < 4.78 is 7.38. The lowest BCUT2D eigenvalue weighted by atomic mass is 10.2. The van der Waals surface area contributed by atoms with Gasteiger partial charge in [0.1, 0.15) is 11.4 Å². The zero-order chi connectivity index (χ0) is 13.1.